The topological polar surface area (TPSA) is 93.1 Å². The summed E-state index contributed by atoms with van der Waals surface area (Å²) in [5, 5.41) is 3.59. The third-order valence-corrected chi connectivity index (χ3v) is 4.23. The molecule has 25 heavy (non-hydrogen) atoms. The molecule has 3 aromatic rings. The zero-order chi connectivity index (χ0) is 17.9. The fourth-order valence-electron chi connectivity index (χ4n) is 2.56. The first-order valence-electron chi connectivity index (χ1n) is 7.63. The van der Waals surface area contributed by atoms with Crippen molar-refractivity contribution in [1.29, 1.82) is 0 Å². The minimum absolute atomic E-state index is 0.136. The summed E-state index contributed by atoms with van der Waals surface area (Å²) in [6.07, 6.45) is 6.25. The van der Waals surface area contributed by atoms with E-state index in [2.05, 4.69) is 15.0 Å². The van der Waals surface area contributed by atoms with E-state index >= 15 is 0 Å². The Balaban J connectivity index is 1.73. The first-order valence-corrected chi connectivity index (χ1v) is 9.53. The number of carbonyl (C=O) groups is 1. The lowest BCUT2D eigenvalue weighted by Gasteiger charge is -2.09. The van der Waals surface area contributed by atoms with Gasteiger partial charge in [-0.3, -0.25) is 14.5 Å². The van der Waals surface area contributed by atoms with Gasteiger partial charge in [0.05, 0.1) is 17.5 Å². The fourth-order valence-corrected chi connectivity index (χ4v) is 3.14. The number of anilines is 1. The molecule has 0 aliphatic heterocycles. The maximum Gasteiger partial charge on any atom is 0.240 e. The molecule has 0 fully saturated rings. The summed E-state index contributed by atoms with van der Waals surface area (Å²) in [4.78, 5) is 16.2. The minimum Gasteiger partial charge on any atom is -0.350 e. The van der Waals surface area contributed by atoms with E-state index in [1.807, 2.05) is 18.2 Å². The van der Waals surface area contributed by atoms with E-state index in [1.54, 1.807) is 41.4 Å². The number of fused-ring (bicyclic) bond motifs is 1. The van der Waals surface area contributed by atoms with Crippen molar-refractivity contribution in [2.24, 2.45) is 0 Å². The molecule has 7 nitrogen and oxygen atoms in total. The molecule has 1 amide bonds. The molecule has 1 aromatic carbocycles. The smallest absolute Gasteiger partial charge is 0.240 e. The average Bonchev–Trinajstić information content (AvgIpc) is 2.97. The quantitative estimate of drug-likeness (QED) is 0.702. The second-order valence-electron chi connectivity index (χ2n) is 5.69. The van der Waals surface area contributed by atoms with E-state index < -0.39 is 10.0 Å². The van der Waals surface area contributed by atoms with Gasteiger partial charge in [0.1, 0.15) is 6.54 Å². The minimum atomic E-state index is -3.37. The Labute approximate surface area is 145 Å². The molecule has 0 spiro atoms. The van der Waals surface area contributed by atoms with Crippen LogP contribution in [0.3, 0.4) is 0 Å². The van der Waals surface area contributed by atoms with Crippen LogP contribution >= 0.6 is 0 Å². The number of carbonyl (C=O) groups excluding carboxylic acids is 1. The van der Waals surface area contributed by atoms with Crippen LogP contribution in [0.4, 0.5) is 5.69 Å². The maximum absolute atomic E-state index is 12.2. The van der Waals surface area contributed by atoms with Crippen molar-refractivity contribution in [2.75, 3.05) is 11.0 Å². The van der Waals surface area contributed by atoms with Crippen molar-refractivity contribution >= 4 is 32.5 Å². The van der Waals surface area contributed by atoms with Gasteiger partial charge < -0.3 is 9.88 Å². The monoisotopic (exact) mass is 358 g/mol. The predicted molar refractivity (Wildman–Crippen MR) is 96.5 cm³/mol. The molecule has 0 unspecified atom stereocenters. The Morgan fingerprint density at radius 1 is 1.20 bits per heavy atom. The molecule has 3 rings (SSSR count). The van der Waals surface area contributed by atoms with Gasteiger partial charge in [0, 0.05) is 30.5 Å². The lowest BCUT2D eigenvalue weighted by atomic mass is 10.2. The number of hydrogen-bond acceptors (Lipinski definition) is 4. The largest absolute Gasteiger partial charge is 0.350 e. The number of hydrogen-bond donors (Lipinski definition) is 2. The van der Waals surface area contributed by atoms with Crippen LogP contribution in [0.1, 0.15) is 5.56 Å². The predicted octanol–water partition coefficient (Wildman–Crippen LogP) is 1.72. The Hall–Kier alpha value is -2.87. The van der Waals surface area contributed by atoms with Gasteiger partial charge in [-0.25, -0.2) is 8.42 Å². The Morgan fingerprint density at radius 3 is 2.76 bits per heavy atom. The molecule has 2 heterocycles. The van der Waals surface area contributed by atoms with Crippen molar-refractivity contribution < 1.29 is 13.2 Å². The molecule has 2 aromatic heterocycles. The van der Waals surface area contributed by atoms with Gasteiger partial charge in [-0.1, -0.05) is 12.1 Å². The number of nitrogens with one attached hydrogen (secondary N) is 2. The molecule has 0 aliphatic rings. The van der Waals surface area contributed by atoms with Crippen LogP contribution in [-0.4, -0.2) is 30.1 Å². The zero-order valence-corrected chi connectivity index (χ0v) is 14.5. The van der Waals surface area contributed by atoms with Crippen LogP contribution in [0.25, 0.3) is 10.9 Å². The normalized spacial score (nSPS) is 11.4. The second-order valence-corrected chi connectivity index (χ2v) is 7.44. The lowest BCUT2D eigenvalue weighted by Crippen LogP contribution is -2.26. The summed E-state index contributed by atoms with van der Waals surface area (Å²) in [6.45, 7) is 0.554. The molecule has 0 bridgehead atoms. The molecule has 8 heteroatoms. The van der Waals surface area contributed by atoms with Crippen molar-refractivity contribution in [1.82, 2.24) is 14.9 Å². The number of amides is 1. The van der Waals surface area contributed by atoms with Crippen LogP contribution < -0.4 is 10.0 Å². The van der Waals surface area contributed by atoms with E-state index in [9.17, 15) is 13.2 Å². The molecule has 0 saturated carbocycles. The number of benzene rings is 1. The first-order chi connectivity index (χ1) is 11.9. The third-order valence-electron chi connectivity index (χ3n) is 3.64. The summed E-state index contributed by atoms with van der Waals surface area (Å²) in [7, 11) is -3.37. The Kier molecular flexibility index (Phi) is 4.71. The van der Waals surface area contributed by atoms with Crippen molar-refractivity contribution in [2.45, 2.75) is 13.1 Å². The van der Waals surface area contributed by atoms with Gasteiger partial charge >= 0.3 is 0 Å². The highest BCUT2D eigenvalue weighted by Gasteiger charge is 2.11. The third kappa shape index (κ3) is 4.36. The SMILES string of the molecule is CS(=O)(=O)Nc1cccc2c1ccn2CC(=O)NCc1cccnc1. The number of rotatable bonds is 6. The maximum atomic E-state index is 12.2. The van der Waals surface area contributed by atoms with E-state index in [-0.39, 0.29) is 12.5 Å². The average molecular weight is 358 g/mol. The molecule has 0 radical (unpaired) electrons. The first kappa shape index (κ1) is 17.0. The van der Waals surface area contributed by atoms with Crippen LogP contribution in [0, 0.1) is 0 Å². The van der Waals surface area contributed by atoms with Crippen LogP contribution in [0.5, 0.6) is 0 Å². The molecule has 0 saturated heterocycles. The fraction of sp³-hybridized carbons (Fsp3) is 0.176. The van der Waals surface area contributed by atoms with E-state index in [1.165, 1.54) is 0 Å². The number of pyridine rings is 1. The van der Waals surface area contributed by atoms with Crippen LogP contribution in [0.2, 0.25) is 0 Å². The molecule has 130 valence electrons. The van der Waals surface area contributed by atoms with E-state index in [0.29, 0.717) is 12.2 Å². The summed E-state index contributed by atoms with van der Waals surface area (Å²) in [5.74, 6) is -0.136. The van der Waals surface area contributed by atoms with Crippen molar-refractivity contribution in [3.8, 4) is 0 Å². The Morgan fingerprint density at radius 2 is 2.04 bits per heavy atom. The van der Waals surface area contributed by atoms with Crippen molar-refractivity contribution in [3.63, 3.8) is 0 Å². The summed E-state index contributed by atoms with van der Waals surface area (Å²) in [5.41, 5.74) is 2.20. The summed E-state index contributed by atoms with van der Waals surface area (Å²) < 4.78 is 27.2. The molecular weight excluding hydrogens is 340 g/mol. The molecular formula is C17H18N4O3S. The van der Waals surface area contributed by atoms with Gasteiger partial charge in [0.25, 0.3) is 0 Å². The standard InChI is InChI=1S/C17H18N4O3S/c1-25(23,24)20-15-5-2-6-16-14(15)7-9-21(16)12-17(22)19-11-13-4-3-8-18-10-13/h2-10,20H,11-12H2,1H3,(H,19,22). The van der Waals surface area contributed by atoms with Gasteiger partial charge in [-0.15, -0.1) is 0 Å². The highest BCUT2D eigenvalue weighted by Crippen LogP contribution is 2.25. The van der Waals surface area contributed by atoms with Gasteiger partial charge in [-0.2, -0.15) is 0 Å². The van der Waals surface area contributed by atoms with Crippen molar-refractivity contribution in [3.05, 3.63) is 60.6 Å². The highest BCUT2D eigenvalue weighted by molar-refractivity contribution is 7.92. The van der Waals surface area contributed by atoms with Gasteiger partial charge in [0.2, 0.25) is 15.9 Å². The van der Waals surface area contributed by atoms with Gasteiger partial charge in [0.15, 0.2) is 0 Å². The van der Waals surface area contributed by atoms with Gasteiger partial charge in [-0.05, 0) is 29.8 Å². The van der Waals surface area contributed by atoms with Crippen LogP contribution in [0.15, 0.2) is 55.0 Å². The summed E-state index contributed by atoms with van der Waals surface area (Å²) in [6, 6.07) is 10.8. The number of sulfonamides is 1. The van der Waals surface area contributed by atoms with E-state index in [0.717, 1.165) is 22.7 Å². The number of nitrogens with zero attached hydrogens (tertiary/aromatic N) is 2. The molecule has 2 N–H and O–H groups in total. The Bertz CT molecular complexity index is 997. The molecule has 0 atom stereocenters. The summed E-state index contributed by atoms with van der Waals surface area (Å²) >= 11 is 0. The van der Waals surface area contributed by atoms with E-state index in [4.69, 9.17) is 0 Å². The molecule has 0 aliphatic carbocycles. The number of aromatic nitrogens is 2. The lowest BCUT2D eigenvalue weighted by molar-refractivity contribution is -0.121. The zero-order valence-electron chi connectivity index (χ0n) is 13.6. The van der Waals surface area contributed by atoms with Crippen LogP contribution in [-0.2, 0) is 27.9 Å². The highest BCUT2D eigenvalue weighted by atomic mass is 32.2. The second kappa shape index (κ2) is 6.94.